The van der Waals surface area contributed by atoms with Gasteiger partial charge >= 0.3 is 0 Å². The van der Waals surface area contributed by atoms with Crippen molar-refractivity contribution in [2.75, 3.05) is 54.6 Å². The Labute approximate surface area is 205 Å². The molecule has 3 heterocycles. The summed E-state index contributed by atoms with van der Waals surface area (Å²) in [6.07, 6.45) is 8.73. The van der Waals surface area contributed by atoms with Gasteiger partial charge in [0.15, 0.2) is 18.1 Å². The fourth-order valence-electron chi connectivity index (χ4n) is 4.18. The Hall–Kier alpha value is -3.63. The highest BCUT2D eigenvalue weighted by Gasteiger charge is 2.20. The Kier molecular flexibility index (Phi) is 8.53. The SMILES string of the molecule is CCOc1cc(/C=N/Nc2nc(N3CCCCC3)nc(N3CCCCC3)n2)ccc1OCC(N)=O. The molecule has 11 heteroatoms. The maximum absolute atomic E-state index is 11.0. The van der Waals surface area contributed by atoms with E-state index in [9.17, 15) is 4.79 Å². The van der Waals surface area contributed by atoms with Crippen LogP contribution in [0, 0.1) is 0 Å². The number of nitrogens with two attached hydrogens (primary N) is 1. The van der Waals surface area contributed by atoms with Crippen LogP contribution in [0.3, 0.4) is 0 Å². The summed E-state index contributed by atoms with van der Waals surface area (Å²) >= 11 is 0. The summed E-state index contributed by atoms with van der Waals surface area (Å²) in [6.45, 7) is 5.93. The van der Waals surface area contributed by atoms with Crippen LogP contribution in [0.2, 0.25) is 0 Å². The Morgan fingerprint density at radius 3 is 2.17 bits per heavy atom. The second-order valence-electron chi connectivity index (χ2n) is 8.62. The van der Waals surface area contributed by atoms with Crippen LogP contribution in [0.15, 0.2) is 23.3 Å². The molecule has 35 heavy (non-hydrogen) atoms. The third kappa shape index (κ3) is 6.93. The van der Waals surface area contributed by atoms with E-state index in [1.165, 1.54) is 12.8 Å². The molecule has 0 saturated carbocycles. The smallest absolute Gasteiger partial charge is 0.255 e. The highest BCUT2D eigenvalue weighted by atomic mass is 16.5. The summed E-state index contributed by atoms with van der Waals surface area (Å²) in [5.74, 6) is 2.24. The quantitative estimate of drug-likeness (QED) is 0.387. The van der Waals surface area contributed by atoms with Crippen molar-refractivity contribution in [1.82, 2.24) is 15.0 Å². The van der Waals surface area contributed by atoms with Crippen molar-refractivity contribution in [2.45, 2.75) is 45.4 Å². The molecule has 1 amide bonds. The Balaban J connectivity index is 1.51. The van der Waals surface area contributed by atoms with Crippen LogP contribution in [0.1, 0.15) is 51.0 Å². The van der Waals surface area contributed by atoms with Crippen molar-refractivity contribution < 1.29 is 14.3 Å². The fraction of sp³-hybridized carbons (Fsp3) is 0.542. The largest absolute Gasteiger partial charge is 0.490 e. The topological polar surface area (TPSA) is 131 Å². The molecule has 0 radical (unpaired) electrons. The highest BCUT2D eigenvalue weighted by Crippen LogP contribution is 2.28. The molecule has 0 aliphatic carbocycles. The Morgan fingerprint density at radius 1 is 0.971 bits per heavy atom. The van der Waals surface area contributed by atoms with Crippen molar-refractivity contribution >= 4 is 30.0 Å². The number of aromatic nitrogens is 3. The molecule has 2 aromatic rings. The number of anilines is 3. The maximum atomic E-state index is 11.0. The van der Waals surface area contributed by atoms with E-state index in [0.717, 1.165) is 57.4 Å². The van der Waals surface area contributed by atoms with Gasteiger partial charge in [-0.3, -0.25) is 4.79 Å². The molecule has 2 aliphatic heterocycles. The monoisotopic (exact) mass is 482 g/mol. The van der Waals surface area contributed by atoms with Crippen LogP contribution in [0.25, 0.3) is 0 Å². The van der Waals surface area contributed by atoms with Gasteiger partial charge in [0.25, 0.3) is 5.91 Å². The van der Waals surface area contributed by atoms with E-state index in [-0.39, 0.29) is 6.61 Å². The number of benzene rings is 1. The zero-order valence-corrected chi connectivity index (χ0v) is 20.3. The van der Waals surface area contributed by atoms with Gasteiger partial charge in [-0.2, -0.15) is 20.1 Å². The van der Waals surface area contributed by atoms with Gasteiger partial charge in [0.2, 0.25) is 17.8 Å². The molecular weight excluding hydrogens is 448 g/mol. The van der Waals surface area contributed by atoms with Crippen LogP contribution < -0.4 is 30.4 Å². The fourth-order valence-corrected chi connectivity index (χ4v) is 4.18. The van der Waals surface area contributed by atoms with Crippen LogP contribution >= 0.6 is 0 Å². The van der Waals surface area contributed by atoms with Gasteiger partial charge in [0.1, 0.15) is 0 Å². The highest BCUT2D eigenvalue weighted by molar-refractivity contribution is 5.81. The third-order valence-corrected chi connectivity index (χ3v) is 5.91. The molecule has 2 saturated heterocycles. The zero-order chi connectivity index (χ0) is 24.5. The predicted octanol–water partition coefficient (Wildman–Crippen LogP) is 2.56. The number of rotatable bonds is 10. The van der Waals surface area contributed by atoms with Gasteiger partial charge < -0.3 is 25.0 Å². The second-order valence-corrected chi connectivity index (χ2v) is 8.62. The van der Waals surface area contributed by atoms with Crippen molar-refractivity contribution in [3.05, 3.63) is 23.8 Å². The van der Waals surface area contributed by atoms with Crippen LogP contribution in [0.4, 0.5) is 17.8 Å². The lowest BCUT2D eigenvalue weighted by Crippen LogP contribution is -2.34. The number of nitrogens with one attached hydrogen (secondary N) is 1. The molecule has 2 fully saturated rings. The number of carbonyl (C=O) groups is 1. The number of amides is 1. The average molecular weight is 483 g/mol. The molecule has 3 N–H and O–H groups in total. The van der Waals surface area contributed by atoms with E-state index in [0.29, 0.717) is 36.0 Å². The lowest BCUT2D eigenvalue weighted by molar-refractivity contribution is -0.119. The van der Waals surface area contributed by atoms with Gasteiger partial charge in [0.05, 0.1) is 12.8 Å². The summed E-state index contributed by atoms with van der Waals surface area (Å²) in [6, 6.07) is 5.33. The molecule has 0 unspecified atom stereocenters. The number of piperidine rings is 2. The van der Waals surface area contributed by atoms with Gasteiger partial charge in [-0.1, -0.05) is 0 Å². The Bertz CT molecular complexity index is 984. The summed E-state index contributed by atoms with van der Waals surface area (Å²) in [7, 11) is 0. The van der Waals surface area contributed by atoms with E-state index in [1.807, 2.05) is 13.0 Å². The summed E-state index contributed by atoms with van der Waals surface area (Å²) < 4.78 is 11.1. The first-order valence-electron chi connectivity index (χ1n) is 12.4. The van der Waals surface area contributed by atoms with E-state index >= 15 is 0 Å². The van der Waals surface area contributed by atoms with Crippen LogP contribution in [-0.4, -0.2) is 66.5 Å². The number of carbonyl (C=O) groups excluding carboxylic acids is 1. The normalized spacial score (nSPS) is 16.4. The van der Waals surface area contributed by atoms with E-state index in [2.05, 4.69) is 30.3 Å². The minimum atomic E-state index is -0.549. The van der Waals surface area contributed by atoms with E-state index in [4.69, 9.17) is 20.2 Å². The van der Waals surface area contributed by atoms with E-state index in [1.54, 1.807) is 18.3 Å². The number of ether oxygens (including phenoxy) is 2. The molecule has 4 rings (SSSR count). The second kappa shape index (κ2) is 12.2. The predicted molar refractivity (Wildman–Crippen MR) is 135 cm³/mol. The molecule has 0 atom stereocenters. The van der Waals surface area contributed by atoms with E-state index < -0.39 is 5.91 Å². The minimum absolute atomic E-state index is 0.215. The molecular formula is C24H34N8O3. The van der Waals surface area contributed by atoms with Gasteiger partial charge in [-0.05, 0) is 69.2 Å². The van der Waals surface area contributed by atoms with Crippen LogP contribution in [-0.2, 0) is 4.79 Å². The Morgan fingerprint density at radius 2 is 1.60 bits per heavy atom. The molecule has 11 nitrogen and oxygen atoms in total. The first-order chi connectivity index (χ1) is 17.1. The van der Waals surface area contributed by atoms with Crippen molar-refractivity contribution in [3.63, 3.8) is 0 Å². The first-order valence-corrected chi connectivity index (χ1v) is 12.4. The van der Waals surface area contributed by atoms with Crippen molar-refractivity contribution in [2.24, 2.45) is 10.8 Å². The van der Waals surface area contributed by atoms with Gasteiger partial charge in [0, 0.05) is 26.2 Å². The lowest BCUT2D eigenvalue weighted by atomic mass is 10.1. The molecule has 1 aromatic carbocycles. The van der Waals surface area contributed by atoms with Crippen molar-refractivity contribution in [1.29, 1.82) is 0 Å². The number of hydrogen-bond donors (Lipinski definition) is 2. The molecule has 0 spiro atoms. The molecule has 0 bridgehead atoms. The first kappa shape index (κ1) is 24.5. The maximum Gasteiger partial charge on any atom is 0.255 e. The summed E-state index contributed by atoms with van der Waals surface area (Å²) in [5, 5.41) is 4.35. The zero-order valence-electron chi connectivity index (χ0n) is 20.3. The minimum Gasteiger partial charge on any atom is -0.490 e. The molecule has 188 valence electrons. The molecule has 2 aliphatic rings. The lowest BCUT2D eigenvalue weighted by Gasteiger charge is -2.30. The van der Waals surface area contributed by atoms with Crippen LogP contribution in [0.5, 0.6) is 11.5 Å². The molecule has 1 aromatic heterocycles. The third-order valence-electron chi connectivity index (χ3n) is 5.91. The number of nitrogens with zero attached hydrogens (tertiary/aromatic N) is 6. The number of hydrazone groups is 1. The van der Waals surface area contributed by atoms with Gasteiger partial charge in [-0.25, -0.2) is 5.43 Å². The summed E-state index contributed by atoms with van der Waals surface area (Å²) in [4.78, 5) is 29.6. The van der Waals surface area contributed by atoms with Gasteiger partial charge in [-0.15, -0.1) is 0 Å². The standard InChI is InChI=1S/C24H34N8O3/c1-2-34-20-15-18(9-10-19(20)35-17-21(25)33)16-26-30-22-27-23(31-11-5-3-6-12-31)29-24(28-22)32-13-7-4-8-14-32/h9-10,15-16H,2-8,11-14,17H2,1H3,(H2,25,33)(H,27,28,29,30)/b26-16+. The number of primary amides is 1. The van der Waals surface area contributed by atoms with Crippen molar-refractivity contribution in [3.8, 4) is 11.5 Å². The summed E-state index contributed by atoms with van der Waals surface area (Å²) in [5.41, 5.74) is 8.94. The number of hydrogen-bond acceptors (Lipinski definition) is 10. The average Bonchev–Trinajstić information content (AvgIpc) is 2.89.